The van der Waals surface area contributed by atoms with Gasteiger partial charge in [0.1, 0.15) is 0 Å². The highest BCUT2D eigenvalue weighted by molar-refractivity contribution is 5.03. The van der Waals surface area contributed by atoms with Gasteiger partial charge in [-0.15, -0.1) is 0 Å². The third-order valence-corrected chi connectivity index (χ3v) is 1.32. The quantitative estimate of drug-likeness (QED) is 0.667. The Morgan fingerprint density at radius 3 is 2.73 bits per heavy atom. The Hall–Kier alpha value is -1.09. The van der Waals surface area contributed by atoms with Gasteiger partial charge in [-0.1, -0.05) is 6.07 Å². The maximum absolute atomic E-state index is 10.8. The van der Waals surface area contributed by atoms with Crippen molar-refractivity contribution in [3.63, 3.8) is 0 Å². The Balaban J connectivity index is 2.80. The predicted octanol–water partition coefficient (Wildman–Crippen LogP) is 0.436. The lowest BCUT2D eigenvalue weighted by Gasteiger charge is -2.07. The monoisotopic (exact) mass is 152 g/mol. The van der Waals surface area contributed by atoms with E-state index in [2.05, 4.69) is 4.98 Å². The van der Waals surface area contributed by atoms with E-state index in [0.29, 0.717) is 0 Å². The number of nitrogens with zero attached hydrogens (tertiary/aromatic N) is 1. The van der Waals surface area contributed by atoms with Crippen LogP contribution in [-0.4, -0.2) is 24.0 Å². The molecule has 11 heavy (non-hydrogen) atoms. The minimum Gasteiger partial charge on any atom is -0.325 e. The molecule has 0 saturated carbocycles. The Kier molecular flexibility index (Phi) is 2.44. The molecule has 0 aliphatic heterocycles. The Morgan fingerprint density at radius 1 is 1.45 bits per heavy atom. The second kappa shape index (κ2) is 3.34. The highest BCUT2D eigenvalue weighted by Crippen LogP contribution is 1.92. The van der Waals surface area contributed by atoms with E-state index in [-0.39, 0.29) is 5.56 Å². The highest BCUT2D eigenvalue weighted by atomic mass is 16.1. The van der Waals surface area contributed by atoms with E-state index < -0.39 is 0 Å². The number of hydrogen-bond acceptors (Lipinski definition) is 2. The van der Waals surface area contributed by atoms with E-state index in [1.54, 1.807) is 6.07 Å². The fraction of sp³-hybridized carbons (Fsp3) is 0.375. The van der Waals surface area contributed by atoms with Gasteiger partial charge in [0.25, 0.3) is 0 Å². The van der Waals surface area contributed by atoms with Gasteiger partial charge >= 0.3 is 0 Å². The van der Waals surface area contributed by atoms with Crippen molar-refractivity contribution in [2.24, 2.45) is 0 Å². The highest BCUT2D eigenvalue weighted by Gasteiger charge is 1.93. The zero-order chi connectivity index (χ0) is 8.27. The van der Waals surface area contributed by atoms with E-state index in [1.165, 1.54) is 6.07 Å². The molecular formula is C8H12N2O. The maximum Gasteiger partial charge on any atom is 0.248 e. The van der Waals surface area contributed by atoms with Crippen molar-refractivity contribution < 1.29 is 0 Å². The number of aromatic amines is 1. The molecule has 1 aromatic heterocycles. The summed E-state index contributed by atoms with van der Waals surface area (Å²) >= 11 is 0. The van der Waals surface area contributed by atoms with E-state index in [4.69, 9.17) is 0 Å². The van der Waals surface area contributed by atoms with E-state index in [0.717, 1.165) is 12.2 Å². The zero-order valence-electron chi connectivity index (χ0n) is 6.79. The number of rotatable bonds is 2. The summed E-state index contributed by atoms with van der Waals surface area (Å²) in [7, 11) is 3.93. The molecule has 0 amide bonds. The van der Waals surface area contributed by atoms with Gasteiger partial charge in [-0.05, 0) is 20.2 Å². The van der Waals surface area contributed by atoms with Crippen LogP contribution in [0.4, 0.5) is 0 Å². The topological polar surface area (TPSA) is 36.1 Å². The lowest BCUT2D eigenvalue weighted by molar-refractivity contribution is 0.396. The van der Waals surface area contributed by atoms with Gasteiger partial charge in [-0.3, -0.25) is 4.79 Å². The Morgan fingerprint density at radius 2 is 2.18 bits per heavy atom. The Bertz CT molecular complexity index is 277. The van der Waals surface area contributed by atoms with Crippen LogP contribution in [0.5, 0.6) is 0 Å². The van der Waals surface area contributed by atoms with Gasteiger partial charge in [0.2, 0.25) is 5.56 Å². The van der Waals surface area contributed by atoms with Gasteiger partial charge in [0.15, 0.2) is 0 Å². The van der Waals surface area contributed by atoms with E-state index >= 15 is 0 Å². The maximum atomic E-state index is 10.8. The molecule has 3 nitrogen and oxygen atoms in total. The molecule has 0 radical (unpaired) electrons. The molecule has 0 aliphatic rings. The smallest absolute Gasteiger partial charge is 0.248 e. The van der Waals surface area contributed by atoms with Crippen molar-refractivity contribution in [1.82, 2.24) is 9.88 Å². The van der Waals surface area contributed by atoms with Crippen LogP contribution in [-0.2, 0) is 6.54 Å². The number of aromatic nitrogens is 1. The first-order chi connectivity index (χ1) is 5.18. The van der Waals surface area contributed by atoms with Crippen LogP contribution in [0, 0.1) is 0 Å². The standard InChI is InChI=1S/C8H12N2O/c1-10(2)6-7-4-3-5-8(11)9-7/h3-5H,6H2,1-2H3,(H,9,11). The van der Waals surface area contributed by atoms with Gasteiger partial charge in [0, 0.05) is 18.3 Å². The van der Waals surface area contributed by atoms with Crippen LogP contribution in [0.1, 0.15) is 5.69 Å². The second-order valence-electron chi connectivity index (χ2n) is 2.78. The van der Waals surface area contributed by atoms with Crippen LogP contribution in [0.25, 0.3) is 0 Å². The van der Waals surface area contributed by atoms with Crippen LogP contribution in [0.15, 0.2) is 23.0 Å². The molecule has 1 aromatic rings. The summed E-state index contributed by atoms with van der Waals surface area (Å²) in [5, 5.41) is 0. The van der Waals surface area contributed by atoms with Crippen molar-refractivity contribution in [1.29, 1.82) is 0 Å². The molecule has 1 heterocycles. The summed E-state index contributed by atoms with van der Waals surface area (Å²) in [6.45, 7) is 0.774. The average Bonchev–Trinajstić information content (AvgIpc) is 1.85. The minimum atomic E-state index is -0.0376. The first kappa shape index (κ1) is 8.01. The molecule has 0 saturated heterocycles. The molecule has 0 unspecified atom stereocenters. The summed E-state index contributed by atoms with van der Waals surface area (Å²) < 4.78 is 0. The Labute approximate surface area is 65.7 Å². The van der Waals surface area contributed by atoms with Crippen molar-refractivity contribution in [2.45, 2.75) is 6.54 Å². The summed E-state index contributed by atoms with van der Waals surface area (Å²) in [5.74, 6) is 0. The molecule has 60 valence electrons. The number of H-pyrrole nitrogens is 1. The molecule has 1 rings (SSSR count). The SMILES string of the molecule is CN(C)Cc1cccc(=O)[nH]1. The molecule has 0 bridgehead atoms. The second-order valence-corrected chi connectivity index (χ2v) is 2.78. The van der Waals surface area contributed by atoms with Crippen molar-refractivity contribution in [3.05, 3.63) is 34.2 Å². The molecule has 3 heteroatoms. The van der Waals surface area contributed by atoms with Gasteiger partial charge < -0.3 is 9.88 Å². The number of pyridine rings is 1. The van der Waals surface area contributed by atoms with Crippen LogP contribution in [0.3, 0.4) is 0 Å². The number of nitrogens with one attached hydrogen (secondary N) is 1. The van der Waals surface area contributed by atoms with Crippen molar-refractivity contribution >= 4 is 0 Å². The van der Waals surface area contributed by atoms with Crippen molar-refractivity contribution in [3.8, 4) is 0 Å². The van der Waals surface area contributed by atoms with Gasteiger partial charge in [-0.25, -0.2) is 0 Å². The normalized spacial score (nSPS) is 10.5. The molecule has 0 aliphatic carbocycles. The molecule has 0 aromatic carbocycles. The predicted molar refractivity (Wildman–Crippen MR) is 44.5 cm³/mol. The molecule has 0 fully saturated rings. The lowest BCUT2D eigenvalue weighted by atomic mass is 10.3. The molecule has 0 spiro atoms. The van der Waals surface area contributed by atoms with Crippen LogP contribution in [0.2, 0.25) is 0 Å². The first-order valence-corrected chi connectivity index (χ1v) is 3.51. The third-order valence-electron chi connectivity index (χ3n) is 1.32. The number of hydrogen-bond donors (Lipinski definition) is 1. The zero-order valence-corrected chi connectivity index (χ0v) is 6.79. The molecule has 1 N–H and O–H groups in total. The molecule has 0 atom stereocenters. The summed E-state index contributed by atoms with van der Waals surface area (Å²) in [4.78, 5) is 15.5. The summed E-state index contributed by atoms with van der Waals surface area (Å²) in [6.07, 6.45) is 0. The van der Waals surface area contributed by atoms with Crippen LogP contribution >= 0.6 is 0 Å². The van der Waals surface area contributed by atoms with Crippen LogP contribution < -0.4 is 5.56 Å². The lowest BCUT2D eigenvalue weighted by Crippen LogP contribution is -2.15. The van der Waals surface area contributed by atoms with E-state index in [1.807, 2.05) is 25.1 Å². The average molecular weight is 152 g/mol. The summed E-state index contributed by atoms with van der Waals surface area (Å²) in [6, 6.07) is 5.18. The fourth-order valence-electron chi connectivity index (χ4n) is 0.926. The van der Waals surface area contributed by atoms with Gasteiger partial charge in [0.05, 0.1) is 0 Å². The first-order valence-electron chi connectivity index (χ1n) is 3.51. The largest absolute Gasteiger partial charge is 0.325 e. The van der Waals surface area contributed by atoms with E-state index in [9.17, 15) is 4.79 Å². The van der Waals surface area contributed by atoms with Gasteiger partial charge in [-0.2, -0.15) is 0 Å². The summed E-state index contributed by atoms with van der Waals surface area (Å²) in [5.41, 5.74) is 0.909. The minimum absolute atomic E-state index is 0.0376. The third kappa shape index (κ3) is 2.55. The van der Waals surface area contributed by atoms with Crippen molar-refractivity contribution in [2.75, 3.05) is 14.1 Å². The fourth-order valence-corrected chi connectivity index (χ4v) is 0.926. The molecular weight excluding hydrogens is 140 g/mol.